The first-order chi connectivity index (χ1) is 17.9. The van der Waals surface area contributed by atoms with E-state index >= 15 is 0 Å². The molecule has 1 N–H and O–H groups in total. The van der Waals surface area contributed by atoms with Crippen molar-refractivity contribution in [1.82, 2.24) is 15.3 Å². The van der Waals surface area contributed by atoms with Crippen LogP contribution in [0.5, 0.6) is 0 Å². The molecule has 0 bridgehead atoms. The normalized spacial score (nSPS) is 14.6. The largest absolute Gasteiger partial charge is 0.455 e. The predicted molar refractivity (Wildman–Crippen MR) is 129 cm³/mol. The van der Waals surface area contributed by atoms with Gasteiger partial charge < -0.3 is 19.5 Å². The highest BCUT2D eigenvalue weighted by molar-refractivity contribution is 7.98. The van der Waals surface area contributed by atoms with Crippen LogP contribution in [0.3, 0.4) is 0 Å². The van der Waals surface area contributed by atoms with Gasteiger partial charge in [-0.05, 0) is 37.3 Å². The Kier molecular flexibility index (Phi) is 8.09. The number of alkyl halides is 6. The molecule has 1 amide bonds. The second-order valence-electron chi connectivity index (χ2n) is 8.33. The maximum Gasteiger partial charge on any atom is 0.433 e. The summed E-state index contributed by atoms with van der Waals surface area (Å²) >= 11 is 0.930. The van der Waals surface area contributed by atoms with Gasteiger partial charge in [0.2, 0.25) is 0 Å². The summed E-state index contributed by atoms with van der Waals surface area (Å²) in [6.07, 6.45) is -9.18. The minimum Gasteiger partial charge on any atom is -0.455 e. The van der Waals surface area contributed by atoms with Crippen molar-refractivity contribution in [3.63, 3.8) is 0 Å². The second kappa shape index (κ2) is 11.1. The van der Waals surface area contributed by atoms with E-state index in [0.717, 1.165) is 30.0 Å². The number of benzene rings is 1. The van der Waals surface area contributed by atoms with E-state index in [1.54, 1.807) is 28.9 Å². The summed E-state index contributed by atoms with van der Waals surface area (Å²) in [6.45, 7) is 3.27. The molecule has 1 saturated heterocycles. The Morgan fingerprint density at radius 3 is 2.34 bits per heavy atom. The molecular weight excluding hydrogens is 536 g/mol. The molecule has 3 aromatic rings. The molecule has 3 heterocycles. The average molecular weight is 560 g/mol. The third-order valence-corrected chi connectivity index (χ3v) is 6.56. The molecule has 0 unspecified atom stereocenters. The van der Waals surface area contributed by atoms with Gasteiger partial charge in [0.25, 0.3) is 5.91 Å². The predicted octanol–water partition coefficient (Wildman–Crippen LogP) is 5.48. The van der Waals surface area contributed by atoms with Gasteiger partial charge in [0.1, 0.15) is 11.6 Å². The highest BCUT2D eigenvalue weighted by Crippen LogP contribution is 2.34. The molecule has 7 nitrogen and oxygen atoms in total. The molecule has 1 fully saturated rings. The number of nitrogens with zero attached hydrogens (tertiary/aromatic N) is 4. The Morgan fingerprint density at radius 1 is 0.974 bits per heavy atom. The van der Waals surface area contributed by atoms with Gasteiger partial charge in [-0.1, -0.05) is 17.8 Å². The number of carbonyl (C=O) groups is 1. The number of hydrogen-bond donors (Lipinski definition) is 1. The van der Waals surface area contributed by atoms with Crippen LogP contribution in [-0.4, -0.2) is 48.6 Å². The third-order valence-electron chi connectivity index (χ3n) is 5.69. The molecular formula is C24H23F6N5O2S. The maximum atomic E-state index is 13.6. The summed E-state index contributed by atoms with van der Waals surface area (Å²) in [5.74, 6) is 0.232. The van der Waals surface area contributed by atoms with E-state index in [1.807, 2.05) is 0 Å². The highest BCUT2D eigenvalue weighted by atomic mass is 32.2. The van der Waals surface area contributed by atoms with Crippen LogP contribution >= 0.6 is 11.8 Å². The molecule has 14 heteroatoms. The van der Waals surface area contributed by atoms with E-state index in [0.29, 0.717) is 31.1 Å². The van der Waals surface area contributed by atoms with Crippen LogP contribution in [0.1, 0.15) is 34.5 Å². The average Bonchev–Trinajstić information content (AvgIpc) is 3.36. The number of rotatable bonds is 7. The van der Waals surface area contributed by atoms with E-state index in [4.69, 9.17) is 4.42 Å². The number of aromatic nitrogens is 2. The lowest BCUT2D eigenvalue weighted by Gasteiger charge is -2.37. The SMILES string of the molecule is CCNC(=O)c1ccc(CSc2nc(N3CCN(c4cccc(C(F)(F)F)c4)CC3)cc(C(F)(F)F)n2)o1. The van der Waals surface area contributed by atoms with Crippen molar-refractivity contribution in [2.75, 3.05) is 42.5 Å². The van der Waals surface area contributed by atoms with Gasteiger partial charge in [0.15, 0.2) is 16.6 Å². The number of nitrogens with one attached hydrogen (secondary N) is 1. The minimum absolute atomic E-state index is 0.0703. The van der Waals surface area contributed by atoms with Gasteiger partial charge in [-0.2, -0.15) is 26.3 Å². The number of piperazine rings is 1. The van der Waals surface area contributed by atoms with Crippen molar-refractivity contribution >= 4 is 29.2 Å². The lowest BCUT2D eigenvalue weighted by molar-refractivity contribution is -0.141. The van der Waals surface area contributed by atoms with Crippen molar-refractivity contribution in [2.24, 2.45) is 0 Å². The Morgan fingerprint density at radius 2 is 1.68 bits per heavy atom. The molecule has 0 atom stereocenters. The number of carbonyl (C=O) groups excluding carboxylic acids is 1. The van der Waals surface area contributed by atoms with E-state index in [2.05, 4.69) is 15.3 Å². The molecule has 204 valence electrons. The molecule has 38 heavy (non-hydrogen) atoms. The van der Waals surface area contributed by atoms with Crippen molar-refractivity contribution in [1.29, 1.82) is 0 Å². The number of anilines is 2. The summed E-state index contributed by atoms with van der Waals surface area (Å²) in [6, 6.07) is 8.83. The standard InChI is InChI=1S/C24H23F6N5O2S/c1-2-31-21(36)18-7-6-17(37-18)14-38-22-32-19(24(28,29)30)13-20(33-22)35-10-8-34(9-11-35)16-5-3-4-15(12-16)23(25,26)27/h3-7,12-13H,2,8-11,14H2,1H3,(H,31,36). The Labute approximate surface area is 218 Å². The zero-order chi connectivity index (χ0) is 27.5. The zero-order valence-corrected chi connectivity index (χ0v) is 20.9. The fraction of sp³-hybridized carbons (Fsp3) is 0.375. The maximum absolute atomic E-state index is 13.6. The minimum atomic E-state index is -4.71. The lowest BCUT2D eigenvalue weighted by atomic mass is 10.1. The number of thioether (sulfide) groups is 1. The van der Waals surface area contributed by atoms with Crippen molar-refractivity contribution < 1.29 is 35.6 Å². The summed E-state index contributed by atoms with van der Waals surface area (Å²) < 4.78 is 85.4. The summed E-state index contributed by atoms with van der Waals surface area (Å²) in [4.78, 5) is 23.2. The highest BCUT2D eigenvalue weighted by Gasteiger charge is 2.35. The summed E-state index contributed by atoms with van der Waals surface area (Å²) in [5.41, 5.74) is -1.48. The van der Waals surface area contributed by atoms with E-state index in [9.17, 15) is 31.1 Å². The monoisotopic (exact) mass is 559 g/mol. The Bertz CT molecular complexity index is 1270. The molecule has 2 aromatic heterocycles. The molecule has 0 saturated carbocycles. The lowest BCUT2D eigenvalue weighted by Crippen LogP contribution is -2.47. The smallest absolute Gasteiger partial charge is 0.433 e. The first kappa shape index (κ1) is 27.6. The number of furan rings is 1. The van der Waals surface area contributed by atoms with E-state index in [1.165, 1.54) is 12.1 Å². The molecule has 4 rings (SSSR count). The first-order valence-electron chi connectivity index (χ1n) is 11.6. The second-order valence-corrected chi connectivity index (χ2v) is 9.27. The van der Waals surface area contributed by atoms with Gasteiger partial charge in [-0.15, -0.1) is 0 Å². The van der Waals surface area contributed by atoms with Crippen molar-refractivity contribution in [3.05, 3.63) is 65.2 Å². The van der Waals surface area contributed by atoms with Crippen molar-refractivity contribution in [3.8, 4) is 0 Å². The Balaban J connectivity index is 1.47. The van der Waals surface area contributed by atoms with Crippen LogP contribution in [0.4, 0.5) is 37.8 Å². The molecule has 0 aliphatic carbocycles. The fourth-order valence-corrected chi connectivity index (χ4v) is 4.57. The number of amides is 1. The van der Waals surface area contributed by atoms with E-state index in [-0.39, 0.29) is 35.6 Å². The number of hydrogen-bond acceptors (Lipinski definition) is 7. The Hall–Kier alpha value is -3.42. The van der Waals surface area contributed by atoms with Crippen LogP contribution < -0.4 is 15.1 Å². The molecule has 0 spiro atoms. The van der Waals surface area contributed by atoms with Gasteiger partial charge in [0.05, 0.1) is 11.3 Å². The van der Waals surface area contributed by atoms with E-state index < -0.39 is 29.5 Å². The van der Waals surface area contributed by atoms with Gasteiger partial charge in [-0.25, -0.2) is 9.97 Å². The molecule has 1 aromatic carbocycles. The van der Waals surface area contributed by atoms with Gasteiger partial charge >= 0.3 is 12.4 Å². The topological polar surface area (TPSA) is 74.5 Å². The molecule has 1 aliphatic rings. The summed E-state index contributed by atoms with van der Waals surface area (Å²) in [5, 5.41) is 2.47. The van der Waals surface area contributed by atoms with Crippen LogP contribution in [0.25, 0.3) is 0 Å². The quantitative estimate of drug-likeness (QED) is 0.234. The third kappa shape index (κ3) is 6.71. The van der Waals surface area contributed by atoms with Crippen LogP contribution in [0.2, 0.25) is 0 Å². The van der Waals surface area contributed by atoms with Gasteiger partial charge in [0, 0.05) is 44.5 Å². The van der Waals surface area contributed by atoms with Crippen LogP contribution in [-0.2, 0) is 18.1 Å². The summed E-state index contributed by atoms with van der Waals surface area (Å²) in [7, 11) is 0. The fourth-order valence-electron chi connectivity index (χ4n) is 3.82. The van der Waals surface area contributed by atoms with Gasteiger partial charge in [-0.3, -0.25) is 4.79 Å². The molecule has 1 aliphatic heterocycles. The zero-order valence-electron chi connectivity index (χ0n) is 20.1. The van der Waals surface area contributed by atoms with Crippen LogP contribution in [0.15, 0.2) is 52.0 Å². The van der Waals surface area contributed by atoms with Crippen molar-refractivity contribution in [2.45, 2.75) is 30.2 Å². The number of halogens is 6. The molecule has 0 radical (unpaired) electrons. The first-order valence-corrected chi connectivity index (χ1v) is 12.6. The van der Waals surface area contributed by atoms with Crippen LogP contribution in [0, 0.1) is 0 Å².